The highest BCUT2D eigenvalue weighted by Crippen LogP contribution is 2.22. The van der Waals surface area contributed by atoms with Crippen LogP contribution in [-0.4, -0.2) is 48.1 Å². The number of nitrogens with zero attached hydrogens (tertiary/aromatic N) is 1. The molecule has 0 bridgehead atoms. The van der Waals surface area contributed by atoms with Crippen LogP contribution >= 0.6 is 0 Å². The van der Waals surface area contributed by atoms with E-state index >= 15 is 0 Å². The van der Waals surface area contributed by atoms with E-state index in [2.05, 4.69) is 5.32 Å². The van der Waals surface area contributed by atoms with E-state index in [9.17, 15) is 9.59 Å². The first-order chi connectivity index (χ1) is 8.01. The first kappa shape index (κ1) is 12.4. The van der Waals surface area contributed by atoms with Crippen LogP contribution in [0.1, 0.15) is 33.1 Å². The summed E-state index contributed by atoms with van der Waals surface area (Å²) in [4.78, 5) is 25.1. The third-order valence-corrected chi connectivity index (χ3v) is 3.64. The molecule has 1 atom stereocenters. The van der Waals surface area contributed by atoms with Gasteiger partial charge in [0.25, 0.3) is 5.91 Å². The molecule has 1 saturated heterocycles. The number of hydrogen-bond acceptors (Lipinski definition) is 3. The maximum absolute atomic E-state index is 12.1. The Balaban J connectivity index is 1.96. The normalized spacial score (nSPS) is 29.6. The molecule has 96 valence electrons. The molecule has 2 rings (SSSR count). The quantitative estimate of drug-likeness (QED) is 0.755. The molecule has 5 heteroatoms. The standard InChI is InChI=1S/C12H20N2O3/c1-9(15)14-6-7-17-12(2,8-14)11(16)13-10-4-3-5-10/h10H,3-8H2,1-2H3,(H,13,16). The molecule has 1 aliphatic heterocycles. The Morgan fingerprint density at radius 1 is 1.41 bits per heavy atom. The lowest BCUT2D eigenvalue weighted by atomic mass is 9.92. The number of hydrogen-bond donors (Lipinski definition) is 1. The molecule has 2 aliphatic rings. The summed E-state index contributed by atoms with van der Waals surface area (Å²) in [6.45, 7) is 4.63. The number of carbonyl (C=O) groups excluding carboxylic acids is 2. The van der Waals surface area contributed by atoms with Gasteiger partial charge in [0.15, 0.2) is 5.60 Å². The van der Waals surface area contributed by atoms with Gasteiger partial charge >= 0.3 is 0 Å². The van der Waals surface area contributed by atoms with Crippen molar-refractivity contribution in [3.8, 4) is 0 Å². The summed E-state index contributed by atoms with van der Waals surface area (Å²) < 4.78 is 5.57. The second kappa shape index (κ2) is 4.64. The zero-order valence-electron chi connectivity index (χ0n) is 10.5. The minimum Gasteiger partial charge on any atom is -0.362 e. The molecule has 2 fully saturated rings. The van der Waals surface area contributed by atoms with E-state index in [0.29, 0.717) is 25.7 Å². The van der Waals surface area contributed by atoms with Gasteiger partial charge < -0.3 is 15.0 Å². The third-order valence-electron chi connectivity index (χ3n) is 3.64. The fraction of sp³-hybridized carbons (Fsp3) is 0.833. The minimum absolute atomic E-state index is 0.00373. The molecule has 0 spiro atoms. The Morgan fingerprint density at radius 2 is 2.12 bits per heavy atom. The van der Waals surface area contributed by atoms with Crippen LogP contribution in [0.15, 0.2) is 0 Å². The number of nitrogens with one attached hydrogen (secondary N) is 1. The van der Waals surface area contributed by atoms with Crippen molar-refractivity contribution in [2.24, 2.45) is 0 Å². The van der Waals surface area contributed by atoms with Crippen LogP contribution in [0.3, 0.4) is 0 Å². The molecule has 1 unspecified atom stereocenters. The Kier molecular flexibility index (Phi) is 3.38. The van der Waals surface area contributed by atoms with Gasteiger partial charge in [0.05, 0.1) is 13.2 Å². The van der Waals surface area contributed by atoms with Gasteiger partial charge in [0.1, 0.15) is 0 Å². The number of ether oxygens (including phenoxy) is 1. The summed E-state index contributed by atoms with van der Waals surface area (Å²) in [5.74, 6) is -0.0934. The van der Waals surface area contributed by atoms with Gasteiger partial charge in [0, 0.05) is 19.5 Å². The van der Waals surface area contributed by atoms with Crippen LogP contribution in [0.4, 0.5) is 0 Å². The molecular formula is C12H20N2O3. The van der Waals surface area contributed by atoms with Crippen LogP contribution in [0.2, 0.25) is 0 Å². The van der Waals surface area contributed by atoms with Crippen molar-refractivity contribution in [3.05, 3.63) is 0 Å². The second-order valence-corrected chi connectivity index (χ2v) is 5.12. The fourth-order valence-corrected chi connectivity index (χ4v) is 2.17. The van der Waals surface area contributed by atoms with Crippen LogP contribution in [0.5, 0.6) is 0 Å². The van der Waals surface area contributed by atoms with E-state index in [1.54, 1.807) is 11.8 Å². The predicted octanol–water partition coefficient (Wildman–Crippen LogP) is 0.293. The summed E-state index contributed by atoms with van der Waals surface area (Å²) in [5.41, 5.74) is -0.889. The van der Waals surface area contributed by atoms with Crippen molar-refractivity contribution in [1.29, 1.82) is 0 Å². The third kappa shape index (κ3) is 2.60. The maximum Gasteiger partial charge on any atom is 0.254 e. The van der Waals surface area contributed by atoms with Gasteiger partial charge in [-0.1, -0.05) is 0 Å². The van der Waals surface area contributed by atoms with E-state index in [4.69, 9.17) is 4.74 Å². The second-order valence-electron chi connectivity index (χ2n) is 5.12. The summed E-state index contributed by atoms with van der Waals surface area (Å²) in [6.07, 6.45) is 3.29. The summed E-state index contributed by atoms with van der Waals surface area (Å²) in [6, 6.07) is 0.302. The van der Waals surface area contributed by atoms with E-state index in [1.807, 2.05) is 0 Å². The van der Waals surface area contributed by atoms with E-state index in [-0.39, 0.29) is 11.8 Å². The molecule has 1 N–H and O–H groups in total. The lowest BCUT2D eigenvalue weighted by Gasteiger charge is -2.40. The average Bonchev–Trinajstić information content (AvgIpc) is 2.23. The van der Waals surface area contributed by atoms with Gasteiger partial charge in [-0.15, -0.1) is 0 Å². The lowest BCUT2D eigenvalue weighted by Crippen LogP contribution is -2.60. The smallest absolute Gasteiger partial charge is 0.254 e. The lowest BCUT2D eigenvalue weighted by molar-refractivity contribution is -0.162. The predicted molar refractivity (Wildman–Crippen MR) is 62.4 cm³/mol. The van der Waals surface area contributed by atoms with Crippen LogP contribution in [-0.2, 0) is 14.3 Å². The van der Waals surface area contributed by atoms with Gasteiger partial charge in [-0.25, -0.2) is 0 Å². The minimum atomic E-state index is -0.889. The molecule has 17 heavy (non-hydrogen) atoms. The van der Waals surface area contributed by atoms with Crippen molar-refractivity contribution < 1.29 is 14.3 Å². The van der Waals surface area contributed by atoms with Crippen LogP contribution in [0, 0.1) is 0 Å². The zero-order chi connectivity index (χ0) is 12.5. The van der Waals surface area contributed by atoms with Gasteiger partial charge in [0.2, 0.25) is 5.91 Å². The van der Waals surface area contributed by atoms with Gasteiger partial charge in [-0.2, -0.15) is 0 Å². The fourth-order valence-electron chi connectivity index (χ4n) is 2.17. The molecule has 1 saturated carbocycles. The van der Waals surface area contributed by atoms with Crippen molar-refractivity contribution in [2.75, 3.05) is 19.7 Å². The highest BCUT2D eigenvalue weighted by Gasteiger charge is 2.41. The molecule has 5 nitrogen and oxygen atoms in total. The van der Waals surface area contributed by atoms with Crippen LogP contribution in [0.25, 0.3) is 0 Å². The van der Waals surface area contributed by atoms with Crippen molar-refractivity contribution in [1.82, 2.24) is 10.2 Å². The van der Waals surface area contributed by atoms with Gasteiger partial charge in [-0.3, -0.25) is 9.59 Å². The Hall–Kier alpha value is -1.10. The highest BCUT2D eigenvalue weighted by molar-refractivity contribution is 5.86. The molecule has 1 aliphatic carbocycles. The SMILES string of the molecule is CC(=O)N1CCOC(C)(C(=O)NC2CCC2)C1. The highest BCUT2D eigenvalue weighted by atomic mass is 16.5. The molecule has 2 amide bonds. The summed E-state index contributed by atoms with van der Waals surface area (Å²) in [7, 11) is 0. The van der Waals surface area contributed by atoms with Gasteiger partial charge in [-0.05, 0) is 26.2 Å². The molecular weight excluding hydrogens is 220 g/mol. The van der Waals surface area contributed by atoms with E-state index in [1.165, 1.54) is 13.3 Å². The average molecular weight is 240 g/mol. The molecule has 0 aromatic carbocycles. The maximum atomic E-state index is 12.1. The number of carbonyl (C=O) groups is 2. The van der Waals surface area contributed by atoms with Crippen molar-refractivity contribution in [3.63, 3.8) is 0 Å². The van der Waals surface area contributed by atoms with Crippen molar-refractivity contribution >= 4 is 11.8 Å². The van der Waals surface area contributed by atoms with Crippen LogP contribution < -0.4 is 5.32 Å². The largest absolute Gasteiger partial charge is 0.362 e. The first-order valence-corrected chi connectivity index (χ1v) is 6.22. The van der Waals surface area contributed by atoms with E-state index < -0.39 is 5.60 Å². The molecule has 0 aromatic rings. The zero-order valence-corrected chi connectivity index (χ0v) is 10.5. The first-order valence-electron chi connectivity index (χ1n) is 6.22. The number of amides is 2. The molecule has 1 heterocycles. The molecule has 0 aromatic heterocycles. The Labute approximate surface area is 101 Å². The Bertz CT molecular complexity index is 328. The summed E-state index contributed by atoms with van der Waals surface area (Å²) >= 11 is 0. The topological polar surface area (TPSA) is 58.6 Å². The Morgan fingerprint density at radius 3 is 2.65 bits per heavy atom. The number of morpholine rings is 1. The van der Waals surface area contributed by atoms with E-state index in [0.717, 1.165) is 12.8 Å². The summed E-state index contributed by atoms with van der Waals surface area (Å²) in [5, 5.41) is 2.98. The monoisotopic (exact) mass is 240 g/mol. The van der Waals surface area contributed by atoms with Crippen molar-refractivity contribution in [2.45, 2.75) is 44.8 Å². The molecule has 0 radical (unpaired) electrons. The number of rotatable bonds is 2.